The molecule has 100 valence electrons. The Bertz CT molecular complexity index is 617. The van der Waals surface area contributed by atoms with Crippen LogP contribution in [0.25, 0.3) is 0 Å². The number of benzene rings is 1. The summed E-state index contributed by atoms with van der Waals surface area (Å²) in [7, 11) is 0. The number of rotatable bonds is 4. The van der Waals surface area contributed by atoms with Crippen LogP contribution in [0.4, 0.5) is 4.39 Å². The van der Waals surface area contributed by atoms with E-state index in [9.17, 15) is 9.18 Å². The maximum atomic E-state index is 13.7. The standard InChI is InChI=1S/C15H15FO2S/c1-9-5-4-6-14(15(9)16)18-8-13(17)12-7-10(2)19-11(12)3/h4-7H,8H2,1-3H3. The first kappa shape index (κ1) is 13.7. The first-order valence-electron chi connectivity index (χ1n) is 5.97. The molecule has 2 aromatic rings. The third kappa shape index (κ3) is 3.01. The van der Waals surface area contributed by atoms with Gasteiger partial charge in [0.05, 0.1) is 0 Å². The second kappa shape index (κ2) is 5.53. The Balaban J connectivity index is 2.09. The van der Waals surface area contributed by atoms with E-state index in [4.69, 9.17) is 4.74 Å². The van der Waals surface area contributed by atoms with Crippen LogP contribution in [-0.4, -0.2) is 12.4 Å². The number of aryl methyl sites for hydroxylation is 3. The molecule has 0 unspecified atom stereocenters. The van der Waals surface area contributed by atoms with Gasteiger partial charge in [-0.05, 0) is 38.5 Å². The van der Waals surface area contributed by atoms with Crippen LogP contribution in [0.1, 0.15) is 25.7 Å². The van der Waals surface area contributed by atoms with Crippen molar-refractivity contribution in [2.24, 2.45) is 0 Å². The van der Waals surface area contributed by atoms with Crippen molar-refractivity contribution in [2.45, 2.75) is 20.8 Å². The summed E-state index contributed by atoms with van der Waals surface area (Å²) in [6.45, 7) is 5.38. The first-order chi connectivity index (χ1) is 8.99. The van der Waals surface area contributed by atoms with E-state index in [1.54, 1.807) is 30.4 Å². The van der Waals surface area contributed by atoms with Crippen molar-refractivity contribution in [2.75, 3.05) is 6.61 Å². The van der Waals surface area contributed by atoms with E-state index in [1.807, 2.05) is 19.9 Å². The topological polar surface area (TPSA) is 26.3 Å². The number of carbonyl (C=O) groups is 1. The average Bonchev–Trinajstić information content (AvgIpc) is 2.70. The fraction of sp³-hybridized carbons (Fsp3) is 0.267. The van der Waals surface area contributed by atoms with Gasteiger partial charge in [0.2, 0.25) is 5.78 Å². The highest BCUT2D eigenvalue weighted by Crippen LogP contribution is 2.23. The molecule has 19 heavy (non-hydrogen) atoms. The number of ketones is 1. The van der Waals surface area contributed by atoms with Crippen molar-refractivity contribution < 1.29 is 13.9 Å². The van der Waals surface area contributed by atoms with E-state index >= 15 is 0 Å². The first-order valence-corrected chi connectivity index (χ1v) is 6.79. The van der Waals surface area contributed by atoms with E-state index in [0.717, 1.165) is 9.75 Å². The Labute approximate surface area is 115 Å². The van der Waals surface area contributed by atoms with Gasteiger partial charge in [-0.3, -0.25) is 4.79 Å². The van der Waals surface area contributed by atoms with Crippen LogP contribution in [-0.2, 0) is 0 Å². The van der Waals surface area contributed by atoms with Gasteiger partial charge in [0.25, 0.3) is 0 Å². The molecular weight excluding hydrogens is 263 g/mol. The molecule has 0 aliphatic heterocycles. The van der Waals surface area contributed by atoms with Crippen molar-refractivity contribution in [1.82, 2.24) is 0 Å². The van der Waals surface area contributed by atoms with Gasteiger partial charge in [-0.25, -0.2) is 4.39 Å². The molecule has 0 aliphatic carbocycles. The van der Waals surface area contributed by atoms with Gasteiger partial charge in [0.1, 0.15) is 0 Å². The smallest absolute Gasteiger partial charge is 0.201 e. The fourth-order valence-electron chi connectivity index (χ4n) is 1.86. The second-order valence-electron chi connectivity index (χ2n) is 4.43. The van der Waals surface area contributed by atoms with Crippen LogP contribution in [0, 0.1) is 26.6 Å². The van der Waals surface area contributed by atoms with Gasteiger partial charge in [0.15, 0.2) is 18.2 Å². The lowest BCUT2D eigenvalue weighted by molar-refractivity contribution is 0.0918. The highest BCUT2D eigenvalue weighted by molar-refractivity contribution is 7.12. The molecule has 0 saturated heterocycles. The van der Waals surface area contributed by atoms with Crippen molar-refractivity contribution >= 4 is 17.1 Å². The average molecular weight is 278 g/mol. The van der Waals surface area contributed by atoms with Crippen LogP contribution < -0.4 is 4.74 Å². The number of halogens is 1. The zero-order chi connectivity index (χ0) is 14.0. The molecule has 0 aliphatic rings. The van der Waals surface area contributed by atoms with Crippen molar-refractivity contribution in [3.63, 3.8) is 0 Å². The lowest BCUT2D eigenvalue weighted by atomic mass is 10.1. The molecule has 0 N–H and O–H groups in total. The largest absolute Gasteiger partial charge is 0.482 e. The van der Waals surface area contributed by atoms with Crippen LogP contribution >= 0.6 is 11.3 Å². The summed E-state index contributed by atoms with van der Waals surface area (Å²) in [6.07, 6.45) is 0. The van der Waals surface area contributed by atoms with Crippen LogP contribution in [0.15, 0.2) is 24.3 Å². The third-order valence-electron chi connectivity index (χ3n) is 2.86. The molecule has 1 heterocycles. The summed E-state index contributed by atoms with van der Waals surface area (Å²) in [5.74, 6) is -0.408. The van der Waals surface area contributed by atoms with Gasteiger partial charge in [-0.15, -0.1) is 11.3 Å². The molecule has 0 radical (unpaired) electrons. The number of Topliss-reactive ketones (excluding diaryl/α,β-unsaturated/α-hetero) is 1. The minimum absolute atomic E-state index is 0.122. The normalized spacial score (nSPS) is 10.5. The Hall–Kier alpha value is -1.68. The minimum atomic E-state index is -0.409. The van der Waals surface area contributed by atoms with Gasteiger partial charge in [-0.1, -0.05) is 12.1 Å². The molecule has 0 fully saturated rings. The number of thiophene rings is 1. The predicted molar refractivity (Wildman–Crippen MR) is 74.8 cm³/mol. The molecule has 1 aromatic heterocycles. The van der Waals surface area contributed by atoms with Gasteiger partial charge < -0.3 is 4.74 Å². The fourth-order valence-corrected chi connectivity index (χ4v) is 2.80. The molecular formula is C15H15FO2S. The summed E-state index contributed by atoms with van der Waals surface area (Å²) in [4.78, 5) is 14.1. The highest BCUT2D eigenvalue weighted by atomic mass is 32.1. The summed E-state index contributed by atoms with van der Waals surface area (Å²) in [5, 5.41) is 0. The molecule has 0 bridgehead atoms. The molecule has 2 nitrogen and oxygen atoms in total. The van der Waals surface area contributed by atoms with Crippen LogP contribution in [0.2, 0.25) is 0 Å². The highest BCUT2D eigenvalue weighted by Gasteiger charge is 2.14. The summed E-state index contributed by atoms with van der Waals surface area (Å²) < 4.78 is 19.0. The Morgan fingerprint density at radius 2 is 2.05 bits per heavy atom. The monoisotopic (exact) mass is 278 g/mol. The third-order valence-corrected chi connectivity index (χ3v) is 3.82. The van der Waals surface area contributed by atoms with E-state index in [1.165, 1.54) is 6.07 Å². The number of ether oxygens (including phenoxy) is 1. The molecule has 0 atom stereocenters. The van der Waals surface area contributed by atoms with Gasteiger partial charge in [0, 0.05) is 15.3 Å². The number of hydrogen-bond donors (Lipinski definition) is 0. The molecule has 0 saturated carbocycles. The number of hydrogen-bond acceptors (Lipinski definition) is 3. The molecule has 0 spiro atoms. The molecule has 0 amide bonds. The van der Waals surface area contributed by atoms with E-state index in [-0.39, 0.29) is 18.1 Å². The zero-order valence-electron chi connectivity index (χ0n) is 11.1. The maximum absolute atomic E-state index is 13.7. The predicted octanol–water partition coefficient (Wildman–Crippen LogP) is 4.07. The quantitative estimate of drug-likeness (QED) is 0.788. The van der Waals surface area contributed by atoms with Crippen molar-refractivity contribution in [3.05, 3.63) is 51.0 Å². The Morgan fingerprint density at radius 1 is 1.32 bits per heavy atom. The lowest BCUT2D eigenvalue weighted by Crippen LogP contribution is -2.12. The van der Waals surface area contributed by atoms with Crippen molar-refractivity contribution in [3.8, 4) is 5.75 Å². The maximum Gasteiger partial charge on any atom is 0.201 e. The Morgan fingerprint density at radius 3 is 2.68 bits per heavy atom. The van der Waals surface area contributed by atoms with E-state index in [0.29, 0.717) is 11.1 Å². The van der Waals surface area contributed by atoms with Crippen LogP contribution in [0.3, 0.4) is 0 Å². The van der Waals surface area contributed by atoms with Gasteiger partial charge in [-0.2, -0.15) is 0 Å². The lowest BCUT2D eigenvalue weighted by Gasteiger charge is -2.07. The van der Waals surface area contributed by atoms with E-state index in [2.05, 4.69) is 0 Å². The van der Waals surface area contributed by atoms with E-state index < -0.39 is 5.82 Å². The van der Waals surface area contributed by atoms with Gasteiger partial charge >= 0.3 is 0 Å². The number of carbonyl (C=O) groups excluding carboxylic acids is 1. The SMILES string of the molecule is Cc1cc(C(=O)COc2cccc(C)c2F)c(C)s1. The summed E-state index contributed by atoms with van der Waals surface area (Å²) in [6, 6.07) is 6.74. The van der Waals surface area contributed by atoms with Crippen LogP contribution in [0.5, 0.6) is 5.75 Å². The molecule has 4 heteroatoms. The minimum Gasteiger partial charge on any atom is -0.482 e. The summed E-state index contributed by atoms with van der Waals surface area (Å²) in [5.41, 5.74) is 1.17. The summed E-state index contributed by atoms with van der Waals surface area (Å²) >= 11 is 1.57. The zero-order valence-corrected chi connectivity index (χ0v) is 11.9. The Kier molecular flexibility index (Phi) is 4.00. The second-order valence-corrected chi connectivity index (χ2v) is 5.89. The molecule has 2 rings (SSSR count). The van der Waals surface area contributed by atoms with Crippen molar-refractivity contribution in [1.29, 1.82) is 0 Å². The molecule has 1 aromatic carbocycles.